The van der Waals surface area contributed by atoms with E-state index in [9.17, 15) is 10.1 Å². The van der Waals surface area contributed by atoms with Gasteiger partial charge in [-0.05, 0) is 29.8 Å². The Morgan fingerprint density at radius 2 is 1.29 bits per heavy atom. The van der Waals surface area contributed by atoms with Gasteiger partial charge in [0.1, 0.15) is 7.05 Å². The molecule has 3 aromatic carbocycles. The van der Waals surface area contributed by atoms with Crippen molar-refractivity contribution in [1.29, 1.82) is 0 Å². The molecule has 0 atom stereocenters. The molecule has 4 heteroatoms. The average Bonchev–Trinajstić information content (AvgIpc) is 2.62. The number of fused-ring (bicyclic) bond motifs is 2. The van der Waals surface area contributed by atoms with Crippen LogP contribution in [0.1, 0.15) is 0 Å². The maximum absolute atomic E-state index is 10.9. The van der Waals surface area contributed by atoms with E-state index in [0.717, 1.165) is 32.9 Å². The van der Waals surface area contributed by atoms with Crippen LogP contribution in [0.3, 0.4) is 0 Å². The Morgan fingerprint density at radius 1 is 0.792 bits per heavy atom. The monoisotopic (exact) mass is 315 g/mol. The molecule has 0 aliphatic rings. The van der Waals surface area contributed by atoms with Gasteiger partial charge in [-0.1, -0.05) is 24.3 Å². The molecule has 116 valence electrons. The van der Waals surface area contributed by atoms with Crippen molar-refractivity contribution in [2.75, 3.05) is 0 Å². The third-order valence-corrected chi connectivity index (χ3v) is 4.44. The number of hydrogen-bond acceptors (Lipinski definition) is 2. The maximum Gasteiger partial charge on any atom is 0.269 e. The van der Waals surface area contributed by atoms with Gasteiger partial charge in [0.25, 0.3) is 5.69 Å². The fraction of sp³-hybridized carbons (Fsp3) is 0.0500. The van der Waals surface area contributed by atoms with Crippen LogP contribution >= 0.6 is 0 Å². The van der Waals surface area contributed by atoms with Crippen molar-refractivity contribution in [2.24, 2.45) is 7.05 Å². The van der Waals surface area contributed by atoms with Crippen LogP contribution in [0.25, 0.3) is 32.9 Å². The molecule has 0 saturated heterocycles. The lowest BCUT2D eigenvalue weighted by Gasteiger charge is -2.10. The molecule has 0 radical (unpaired) electrons. The number of nitro benzene ring substituents is 1. The van der Waals surface area contributed by atoms with Crippen molar-refractivity contribution < 1.29 is 9.49 Å². The first kappa shape index (κ1) is 14.3. The molecule has 1 heterocycles. The van der Waals surface area contributed by atoms with Gasteiger partial charge in [0.15, 0.2) is 0 Å². The zero-order valence-electron chi connectivity index (χ0n) is 13.1. The Balaban J connectivity index is 2.12. The highest BCUT2D eigenvalue weighted by atomic mass is 16.6. The Bertz CT molecular complexity index is 1030. The standard InChI is InChI=1S/C20H15N2O2/c1-21-18-8-4-2-6-16(18)20(17-7-3-5-9-19(17)21)14-10-12-15(13-11-14)22(23)24/h2-13H,1H3/q+1. The Hall–Kier alpha value is -3.27. The van der Waals surface area contributed by atoms with Crippen molar-refractivity contribution in [3.05, 3.63) is 82.9 Å². The van der Waals surface area contributed by atoms with E-state index in [-0.39, 0.29) is 10.6 Å². The minimum absolute atomic E-state index is 0.105. The lowest BCUT2D eigenvalue weighted by molar-refractivity contribution is -0.617. The first-order valence-corrected chi connectivity index (χ1v) is 7.71. The van der Waals surface area contributed by atoms with Gasteiger partial charge in [-0.15, -0.1) is 0 Å². The summed E-state index contributed by atoms with van der Waals surface area (Å²) in [6.07, 6.45) is 0. The quantitative estimate of drug-likeness (QED) is 0.238. The number of rotatable bonds is 2. The van der Waals surface area contributed by atoms with Gasteiger partial charge in [-0.2, -0.15) is 4.57 Å². The highest BCUT2D eigenvalue weighted by Crippen LogP contribution is 2.34. The van der Waals surface area contributed by atoms with Crippen LogP contribution < -0.4 is 4.57 Å². The van der Waals surface area contributed by atoms with E-state index in [1.807, 2.05) is 36.4 Å². The van der Waals surface area contributed by atoms with Crippen molar-refractivity contribution in [2.45, 2.75) is 0 Å². The number of para-hydroxylation sites is 2. The predicted octanol–water partition coefficient (Wildman–Crippen LogP) is 4.39. The summed E-state index contributed by atoms with van der Waals surface area (Å²) >= 11 is 0. The van der Waals surface area contributed by atoms with Gasteiger partial charge in [0, 0.05) is 29.8 Å². The predicted molar refractivity (Wildman–Crippen MR) is 94.7 cm³/mol. The Morgan fingerprint density at radius 3 is 1.79 bits per heavy atom. The molecule has 0 fully saturated rings. The largest absolute Gasteiger partial charge is 0.269 e. The van der Waals surface area contributed by atoms with Gasteiger partial charge < -0.3 is 0 Å². The molecule has 0 bridgehead atoms. The molecule has 24 heavy (non-hydrogen) atoms. The molecule has 4 rings (SSSR count). The van der Waals surface area contributed by atoms with Gasteiger partial charge in [-0.3, -0.25) is 10.1 Å². The van der Waals surface area contributed by atoms with E-state index in [2.05, 4.69) is 35.9 Å². The SMILES string of the molecule is C[n+]1c2ccccc2c(-c2ccc([N+](=O)[O-])cc2)c2ccccc21. The topological polar surface area (TPSA) is 47.0 Å². The molecular formula is C20H15N2O2+. The smallest absolute Gasteiger partial charge is 0.258 e. The molecule has 0 saturated carbocycles. The highest BCUT2D eigenvalue weighted by molar-refractivity contribution is 6.07. The first-order chi connectivity index (χ1) is 11.7. The van der Waals surface area contributed by atoms with Gasteiger partial charge in [0.2, 0.25) is 11.0 Å². The van der Waals surface area contributed by atoms with Crippen LogP contribution in [0.15, 0.2) is 72.8 Å². The number of benzene rings is 3. The molecule has 1 aromatic heterocycles. The Kier molecular flexibility index (Phi) is 3.24. The van der Waals surface area contributed by atoms with Gasteiger partial charge in [0.05, 0.1) is 15.7 Å². The van der Waals surface area contributed by atoms with Gasteiger partial charge >= 0.3 is 0 Å². The van der Waals surface area contributed by atoms with Crippen molar-refractivity contribution in [1.82, 2.24) is 0 Å². The van der Waals surface area contributed by atoms with Crippen molar-refractivity contribution >= 4 is 27.5 Å². The molecule has 0 aliphatic heterocycles. The molecule has 0 aliphatic carbocycles. The van der Waals surface area contributed by atoms with E-state index in [1.54, 1.807) is 12.1 Å². The number of hydrogen-bond donors (Lipinski definition) is 0. The second kappa shape index (κ2) is 5.42. The van der Waals surface area contributed by atoms with Crippen molar-refractivity contribution in [3.63, 3.8) is 0 Å². The van der Waals surface area contributed by atoms with Crippen LogP contribution in [0, 0.1) is 10.1 Å². The zero-order chi connectivity index (χ0) is 16.7. The fourth-order valence-corrected chi connectivity index (χ4v) is 3.29. The van der Waals surface area contributed by atoms with E-state index in [0.29, 0.717) is 0 Å². The third kappa shape index (κ3) is 2.12. The summed E-state index contributed by atoms with van der Waals surface area (Å²) in [5.74, 6) is 0. The number of aryl methyl sites for hydroxylation is 1. The summed E-state index contributed by atoms with van der Waals surface area (Å²) < 4.78 is 2.18. The number of aromatic nitrogens is 1. The van der Waals surface area contributed by atoms with Crippen LogP contribution in [0.4, 0.5) is 5.69 Å². The molecule has 0 N–H and O–H groups in total. The molecule has 4 aromatic rings. The van der Waals surface area contributed by atoms with E-state index >= 15 is 0 Å². The normalized spacial score (nSPS) is 11.0. The first-order valence-electron chi connectivity index (χ1n) is 7.71. The molecule has 0 spiro atoms. The number of nitro groups is 1. The summed E-state index contributed by atoms with van der Waals surface area (Å²) in [6.45, 7) is 0. The number of non-ortho nitro benzene ring substituents is 1. The van der Waals surface area contributed by atoms with E-state index in [1.165, 1.54) is 0 Å². The van der Waals surface area contributed by atoms with Crippen LogP contribution in [0.2, 0.25) is 0 Å². The Labute approximate surface area is 138 Å². The second-order valence-corrected chi connectivity index (χ2v) is 5.77. The lowest BCUT2D eigenvalue weighted by atomic mass is 9.95. The van der Waals surface area contributed by atoms with Crippen molar-refractivity contribution in [3.8, 4) is 11.1 Å². The van der Waals surface area contributed by atoms with Crippen LogP contribution in [0.5, 0.6) is 0 Å². The van der Waals surface area contributed by atoms with Crippen LogP contribution in [-0.2, 0) is 7.05 Å². The lowest BCUT2D eigenvalue weighted by Crippen LogP contribution is -2.30. The summed E-state index contributed by atoms with van der Waals surface area (Å²) in [5.41, 5.74) is 4.45. The minimum Gasteiger partial charge on any atom is -0.258 e. The zero-order valence-corrected chi connectivity index (χ0v) is 13.1. The second-order valence-electron chi connectivity index (χ2n) is 5.77. The summed E-state index contributed by atoms with van der Waals surface area (Å²) in [6, 6.07) is 23.2. The number of nitrogens with zero attached hydrogens (tertiary/aromatic N) is 2. The molecule has 0 unspecified atom stereocenters. The summed E-state index contributed by atoms with van der Waals surface area (Å²) in [4.78, 5) is 10.6. The summed E-state index contributed by atoms with van der Waals surface area (Å²) in [5, 5.41) is 13.2. The maximum atomic E-state index is 10.9. The van der Waals surface area contributed by atoms with E-state index in [4.69, 9.17) is 0 Å². The number of pyridine rings is 1. The fourth-order valence-electron chi connectivity index (χ4n) is 3.29. The third-order valence-electron chi connectivity index (χ3n) is 4.44. The minimum atomic E-state index is -0.370. The molecular weight excluding hydrogens is 300 g/mol. The summed E-state index contributed by atoms with van der Waals surface area (Å²) in [7, 11) is 2.06. The molecule has 4 nitrogen and oxygen atoms in total. The molecule has 0 amide bonds. The highest BCUT2D eigenvalue weighted by Gasteiger charge is 2.18. The van der Waals surface area contributed by atoms with Crippen LogP contribution in [-0.4, -0.2) is 4.92 Å². The van der Waals surface area contributed by atoms with E-state index < -0.39 is 0 Å². The average molecular weight is 315 g/mol. The van der Waals surface area contributed by atoms with Gasteiger partial charge in [-0.25, -0.2) is 0 Å².